The van der Waals surface area contributed by atoms with E-state index < -0.39 is 0 Å². The molecule has 1 aliphatic rings. The molecule has 0 aliphatic carbocycles. The van der Waals surface area contributed by atoms with Crippen molar-refractivity contribution in [3.63, 3.8) is 0 Å². The highest BCUT2D eigenvalue weighted by atomic mass is 16.7. The maximum atomic E-state index is 8.69. The van der Waals surface area contributed by atoms with Crippen LogP contribution >= 0.6 is 0 Å². The van der Waals surface area contributed by atoms with E-state index in [1.807, 2.05) is 24.3 Å². The van der Waals surface area contributed by atoms with Gasteiger partial charge in [0.1, 0.15) is 0 Å². The van der Waals surface area contributed by atoms with Crippen molar-refractivity contribution >= 4 is 0 Å². The number of hydrogen-bond acceptors (Lipinski definition) is 3. The molecule has 0 unspecified atom stereocenters. The van der Waals surface area contributed by atoms with Gasteiger partial charge in [-0.25, -0.2) is 0 Å². The van der Waals surface area contributed by atoms with Gasteiger partial charge in [-0.2, -0.15) is 0 Å². The van der Waals surface area contributed by atoms with Gasteiger partial charge in [0.05, 0.1) is 13.2 Å². The average molecular weight is 246 g/mol. The van der Waals surface area contributed by atoms with Gasteiger partial charge in [-0.1, -0.05) is 30.0 Å². The summed E-state index contributed by atoms with van der Waals surface area (Å²) >= 11 is 0. The first-order valence-corrected chi connectivity index (χ1v) is 6.33. The molecular formula is C15H18O3. The molecule has 18 heavy (non-hydrogen) atoms. The van der Waals surface area contributed by atoms with Gasteiger partial charge in [-0.3, -0.25) is 0 Å². The van der Waals surface area contributed by atoms with Crippen molar-refractivity contribution in [2.45, 2.75) is 25.6 Å². The molecule has 3 heteroatoms. The summed E-state index contributed by atoms with van der Waals surface area (Å²) in [4.78, 5) is 0. The summed E-state index contributed by atoms with van der Waals surface area (Å²) in [7, 11) is 0. The van der Waals surface area contributed by atoms with Crippen LogP contribution in [0.2, 0.25) is 0 Å². The van der Waals surface area contributed by atoms with E-state index in [-0.39, 0.29) is 12.9 Å². The second kappa shape index (κ2) is 7.17. The monoisotopic (exact) mass is 246 g/mol. The summed E-state index contributed by atoms with van der Waals surface area (Å²) in [5.74, 6) is 6.29. The summed E-state index contributed by atoms with van der Waals surface area (Å²) in [6, 6.07) is 7.92. The highest BCUT2D eigenvalue weighted by molar-refractivity contribution is 5.42. The Morgan fingerprint density at radius 2 is 1.94 bits per heavy atom. The fourth-order valence-corrected chi connectivity index (χ4v) is 1.84. The molecule has 0 aromatic heterocycles. The molecule has 0 spiro atoms. The van der Waals surface area contributed by atoms with E-state index >= 15 is 0 Å². The van der Waals surface area contributed by atoms with E-state index in [4.69, 9.17) is 14.6 Å². The molecule has 0 amide bonds. The number of unbranched alkanes of at least 4 members (excludes halogenated alkanes) is 2. The third-order valence-corrected chi connectivity index (χ3v) is 2.77. The molecule has 1 aliphatic heterocycles. The average Bonchev–Trinajstić information content (AvgIpc) is 2.93. The van der Waals surface area contributed by atoms with Crippen LogP contribution in [0.3, 0.4) is 0 Å². The van der Waals surface area contributed by atoms with Gasteiger partial charge >= 0.3 is 0 Å². The second-order valence-electron chi connectivity index (χ2n) is 4.14. The van der Waals surface area contributed by atoms with Crippen molar-refractivity contribution in [2.24, 2.45) is 0 Å². The summed E-state index contributed by atoms with van der Waals surface area (Å²) < 4.78 is 11.0. The zero-order valence-electron chi connectivity index (χ0n) is 10.4. The Morgan fingerprint density at radius 3 is 2.72 bits per heavy atom. The van der Waals surface area contributed by atoms with Crippen LogP contribution in [0.5, 0.6) is 0 Å². The molecule has 3 nitrogen and oxygen atoms in total. The number of benzene rings is 1. The lowest BCUT2D eigenvalue weighted by Crippen LogP contribution is -2.00. The zero-order chi connectivity index (χ0) is 12.6. The fraction of sp³-hybridized carbons (Fsp3) is 0.467. The quantitative estimate of drug-likeness (QED) is 0.654. The van der Waals surface area contributed by atoms with Crippen molar-refractivity contribution in [3.05, 3.63) is 35.4 Å². The predicted molar refractivity (Wildman–Crippen MR) is 68.9 cm³/mol. The smallest absolute Gasteiger partial charge is 0.185 e. The third kappa shape index (κ3) is 3.58. The van der Waals surface area contributed by atoms with Gasteiger partial charge in [0.2, 0.25) is 0 Å². The first-order valence-electron chi connectivity index (χ1n) is 6.33. The fourth-order valence-electron chi connectivity index (χ4n) is 1.84. The zero-order valence-corrected chi connectivity index (χ0v) is 10.4. The lowest BCUT2D eigenvalue weighted by Gasteiger charge is -2.10. The molecule has 1 heterocycles. The van der Waals surface area contributed by atoms with Crippen LogP contribution in [0.15, 0.2) is 24.3 Å². The lowest BCUT2D eigenvalue weighted by molar-refractivity contribution is -0.0442. The Labute approximate surface area is 108 Å². The summed E-state index contributed by atoms with van der Waals surface area (Å²) in [5.41, 5.74) is 1.97. The number of ether oxygens (including phenoxy) is 2. The highest BCUT2D eigenvalue weighted by Crippen LogP contribution is 2.25. The van der Waals surface area contributed by atoms with Crippen LogP contribution < -0.4 is 0 Å². The molecule has 0 atom stereocenters. The minimum absolute atomic E-state index is 0.238. The van der Waals surface area contributed by atoms with Crippen LogP contribution in [0.25, 0.3) is 0 Å². The Bertz CT molecular complexity index is 425. The molecule has 0 bridgehead atoms. The molecule has 2 rings (SSSR count). The topological polar surface area (TPSA) is 38.7 Å². The standard InChI is InChI=1S/C15H18O3/c16-10-6-2-1-3-7-13-8-4-5-9-14(13)15-17-11-12-18-15/h4-5,8-9,15-16H,1-2,6,10-12H2. The van der Waals surface area contributed by atoms with E-state index in [2.05, 4.69) is 11.8 Å². The first kappa shape index (κ1) is 13.1. The Hall–Kier alpha value is -1.34. The molecular weight excluding hydrogens is 228 g/mol. The molecule has 96 valence electrons. The van der Waals surface area contributed by atoms with Gasteiger partial charge in [0.25, 0.3) is 0 Å². The van der Waals surface area contributed by atoms with Gasteiger partial charge < -0.3 is 14.6 Å². The summed E-state index contributed by atoms with van der Waals surface area (Å²) in [6.07, 6.45) is 2.28. The van der Waals surface area contributed by atoms with E-state index in [1.54, 1.807) is 0 Å². The van der Waals surface area contributed by atoms with E-state index in [1.165, 1.54) is 0 Å². The van der Waals surface area contributed by atoms with Crippen LogP contribution in [0.1, 0.15) is 36.7 Å². The summed E-state index contributed by atoms with van der Waals surface area (Å²) in [6.45, 7) is 1.52. The van der Waals surface area contributed by atoms with Crippen molar-refractivity contribution in [1.29, 1.82) is 0 Å². The van der Waals surface area contributed by atoms with Crippen molar-refractivity contribution in [3.8, 4) is 11.8 Å². The summed E-state index contributed by atoms with van der Waals surface area (Å²) in [5, 5.41) is 8.69. The van der Waals surface area contributed by atoms with Gasteiger partial charge in [0.15, 0.2) is 6.29 Å². The van der Waals surface area contributed by atoms with Gasteiger partial charge in [0, 0.05) is 24.2 Å². The second-order valence-corrected chi connectivity index (χ2v) is 4.14. The third-order valence-electron chi connectivity index (χ3n) is 2.77. The van der Waals surface area contributed by atoms with Crippen LogP contribution in [0.4, 0.5) is 0 Å². The SMILES string of the molecule is OCCCCC#Cc1ccccc1C1OCCO1. The Morgan fingerprint density at radius 1 is 1.17 bits per heavy atom. The number of aliphatic hydroxyl groups excluding tert-OH is 1. The number of aliphatic hydroxyl groups is 1. The minimum Gasteiger partial charge on any atom is -0.396 e. The Balaban J connectivity index is 2.02. The maximum absolute atomic E-state index is 8.69. The lowest BCUT2D eigenvalue weighted by atomic mass is 10.1. The molecule has 1 fully saturated rings. The van der Waals surface area contributed by atoms with Gasteiger partial charge in [-0.15, -0.1) is 0 Å². The molecule has 1 N–H and O–H groups in total. The van der Waals surface area contributed by atoms with Crippen molar-refractivity contribution in [1.82, 2.24) is 0 Å². The largest absolute Gasteiger partial charge is 0.396 e. The van der Waals surface area contributed by atoms with Crippen LogP contribution in [-0.4, -0.2) is 24.9 Å². The molecule has 0 radical (unpaired) electrons. The minimum atomic E-state index is -0.270. The first-order chi connectivity index (χ1) is 8.92. The molecule has 1 saturated heterocycles. The molecule has 1 aromatic carbocycles. The number of hydrogen-bond donors (Lipinski definition) is 1. The number of rotatable bonds is 4. The van der Waals surface area contributed by atoms with Gasteiger partial charge in [-0.05, 0) is 18.9 Å². The van der Waals surface area contributed by atoms with E-state index in [0.29, 0.717) is 13.2 Å². The maximum Gasteiger partial charge on any atom is 0.185 e. The predicted octanol–water partition coefficient (Wildman–Crippen LogP) is 2.25. The Kier molecular flexibility index (Phi) is 5.22. The van der Waals surface area contributed by atoms with Crippen molar-refractivity contribution in [2.75, 3.05) is 19.8 Å². The van der Waals surface area contributed by atoms with E-state index in [0.717, 1.165) is 30.4 Å². The van der Waals surface area contributed by atoms with E-state index in [9.17, 15) is 0 Å². The normalized spacial score (nSPS) is 15.4. The molecule has 0 saturated carbocycles. The van der Waals surface area contributed by atoms with Crippen LogP contribution in [0, 0.1) is 11.8 Å². The highest BCUT2D eigenvalue weighted by Gasteiger charge is 2.20. The molecule has 1 aromatic rings. The van der Waals surface area contributed by atoms with Crippen molar-refractivity contribution < 1.29 is 14.6 Å². The van der Waals surface area contributed by atoms with Crippen LogP contribution in [-0.2, 0) is 9.47 Å².